The summed E-state index contributed by atoms with van der Waals surface area (Å²) in [5.41, 5.74) is 8.71. The van der Waals surface area contributed by atoms with Gasteiger partial charge in [0.05, 0.1) is 22.1 Å². The first-order chi connectivity index (χ1) is 8.06. The molecule has 0 aliphatic carbocycles. The third-order valence-electron chi connectivity index (χ3n) is 2.41. The Morgan fingerprint density at radius 1 is 1.12 bits per heavy atom. The number of benzene rings is 2. The van der Waals surface area contributed by atoms with Crippen molar-refractivity contribution in [2.24, 2.45) is 0 Å². The van der Waals surface area contributed by atoms with Gasteiger partial charge in [-0.2, -0.15) is 0 Å². The molecule has 0 spiro atoms. The second-order valence-electron chi connectivity index (χ2n) is 3.84. The van der Waals surface area contributed by atoms with Crippen LogP contribution in [0.4, 0.5) is 21.5 Å². The normalized spacial score (nSPS) is 10.3. The number of anilines is 3. The summed E-state index contributed by atoms with van der Waals surface area (Å²) in [6.45, 7) is 1.96. The zero-order valence-corrected chi connectivity index (χ0v) is 10.1. The van der Waals surface area contributed by atoms with Crippen LogP contribution in [0.3, 0.4) is 0 Å². The van der Waals surface area contributed by atoms with Gasteiger partial charge in [-0.3, -0.25) is 0 Å². The van der Waals surface area contributed by atoms with Crippen molar-refractivity contribution in [2.75, 3.05) is 11.1 Å². The Morgan fingerprint density at radius 3 is 2.65 bits per heavy atom. The van der Waals surface area contributed by atoms with E-state index in [9.17, 15) is 4.39 Å². The van der Waals surface area contributed by atoms with Crippen molar-refractivity contribution in [3.63, 3.8) is 0 Å². The Hall–Kier alpha value is -1.74. The van der Waals surface area contributed by atoms with Crippen LogP contribution in [-0.2, 0) is 0 Å². The molecule has 0 unspecified atom stereocenters. The smallest absolute Gasteiger partial charge is 0.125 e. The standard InChI is InChI=1S/C13H12ClFN2/c1-8-2-5-11(16)13(6-8)17-12-7-9(15)3-4-10(12)14/h2-7,17H,16H2,1H3. The number of nitrogens with one attached hydrogen (secondary N) is 1. The summed E-state index contributed by atoms with van der Waals surface area (Å²) in [4.78, 5) is 0. The first-order valence-corrected chi connectivity index (χ1v) is 5.52. The number of rotatable bonds is 2. The van der Waals surface area contributed by atoms with Crippen molar-refractivity contribution in [1.82, 2.24) is 0 Å². The van der Waals surface area contributed by atoms with Gasteiger partial charge in [0.1, 0.15) is 5.82 Å². The first-order valence-electron chi connectivity index (χ1n) is 5.14. The van der Waals surface area contributed by atoms with E-state index < -0.39 is 0 Å². The molecule has 0 saturated heterocycles. The summed E-state index contributed by atoms with van der Waals surface area (Å²) >= 11 is 5.97. The van der Waals surface area contributed by atoms with Crippen LogP contribution in [0.25, 0.3) is 0 Å². The van der Waals surface area contributed by atoms with Gasteiger partial charge in [0.25, 0.3) is 0 Å². The molecule has 3 N–H and O–H groups in total. The number of nitrogen functional groups attached to an aromatic ring is 1. The van der Waals surface area contributed by atoms with E-state index in [0.29, 0.717) is 16.4 Å². The van der Waals surface area contributed by atoms with Crippen LogP contribution >= 0.6 is 11.6 Å². The van der Waals surface area contributed by atoms with E-state index in [2.05, 4.69) is 5.32 Å². The molecule has 0 atom stereocenters. The van der Waals surface area contributed by atoms with E-state index in [1.54, 1.807) is 6.07 Å². The Labute approximate surface area is 104 Å². The lowest BCUT2D eigenvalue weighted by Gasteiger charge is -2.11. The molecule has 0 saturated carbocycles. The zero-order chi connectivity index (χ0) is 12.4. The molecule has 17 heavy (non-hydrogen) atoms. The van der Waals surface area contributed by atoms with Gasteiger partial charge < -0.3 is 11.1 Å². The lowest BCUT2D eigenvalue weighted by Crippen LogP contribution is -1.97. The van der Waals surface area contributed by atoms with Crippen molar-refractivity contribution in [1.29, 1.82) is 0 Å². The molecule has 2 rings (SSSR count). The Morgan fingerprint density at radius 2 is 1.88 bits per heavy atom. The van der Waals surface area contributed by atoms with Crippen LogP contribution < -0.4 is 11.1 Å². The molecule has 0 amide bonds. The van der Waals surface area contributed by atoms with E-state index in [1.165, 1.54) is 18.2 Å². The maximum atomic E-state index is 13.1. The lowest BCUT2D eigenvalue weighted by atomic mass is 10.2. The molecular weight excluding hydrogens is 239 g/mol. The van der Waals surface area contributed by atoms with Gasteiger partial charge >= 0.3 is 0 Å². The molecule has 0 aromatic heterocycles. The SMILES string of the molecule is Cc1ccc(N)c(Nc2cc(F)ccc2Cl)c1. The summed E-state index contributed by atoms with van der Waals surface area (Å²) in [6.07, 6.45) is 0. The fourth-order valence-corrected chi connectivity index (χ4v) is 1.68. The van der Waals surface area contributed by atoms with Gasteiger partial charge in [-0.25, -0.2) is 4.39 Å². The van der Waals surface area contributed by atoms with Crippen molar-refractivity contribution in [3.05, 3.63) is 52.8 Å². The van der Waals surface area contributed by atoms with Crippen LogP contribution in [0.15, 0.2) is 36.4 Å². The van der Waals surface area contributed by atoms with E-state index in [1.807, 2.05) is 19.1 Å². The highest BCUT2D eigenvalue weighted by Gasteiger charge is 2.05. The number of hydrogen-bond donors (Lipinski definition) is 2. The molecule has 2 aromatic carbocycles. The minimum Gasteiger partial charge on any atom is -0.397 e. The molecule has 2 nitrogen and oxygen atoms in total. The van der Waals surface area contributed by atoms with Crippen LogP contribution in [-0.4, -0.2) is 0 Å². The molecule has 0 fully saturated rings. The monoisotopic (exact) mass is 250 g/mol. The number of aryl methyl sites for hydroxylation is 1. The van der Waals surface area contributed by atoms with Gasteiger partial charge in [-0.1, -0.05) is 17.7 Å². The summed E-state index contributed by atoms with van der Waals surface area (Å²) < 4.78 is 13.1. The average molecular weight is 251 g/mol. The number of nitrogens with two attached hydrogens (primary N) is 1. The van der Waals surface area contributed by atoms with E-state index in [0.717, 1.165) is 11.3 Å². The van der Waals surface area contributed by atoms with Gasteiger partial charge in [0.2, 0.25) is 0 Å². The Kier molecular flexibility index (Phi) is 3.20. The molecular formula is C13H12ClFN2. The molecule has 4 heteroatoms. The highest BCUT2D eigenvalue weighted by atomic mass is 35.5. The van der Waals surface area contributed by atoms with Crippen LogP contribution in [0.5, 0.6) is 0 Å². The van der Waals surface area contributed by atoms with Crippen molar-refractivity contribution >= 4 is 28.7 Å². The summed E-state index contributed by atoms with van der Waals surface area (Å²) in [5, 5.41) is 3.48. The van der Waals surface area contributed by atoms with Crippen LogP contribution in [0.2, 0.25) is 5.02 Å². The largest absolute Gasteiger partial charge is 0.397 e. The van der Waals surface area contributed by atoms with Gasteiger partial charge in [-0.15, -0.1) is 0 Å². The minimum atomic E-state index is -0.344. The fraction of sp³-hybridized carbons (Fsp3) is 0.0769. The Bertz CT molecular complexity index is 506. The number of hydrogen-bond acceptors (Lipinski definition) is 2. The maximum absolute atomic E-state index is 13.1. The summed E-state index contributed by atoms with van der Waals surface area (Å²) in [5.74, 6) is -0.344. The molecule has 0 aliphatic rings. The predicted molar refractivity (Wildman–Crippen MR) is 70.3 cm³/mol. The van der Waals surface area contributed by atoms with Crippen molar-refractivity contribution in [3.8, 4) is 0 Å². The zero-order valence-electron chi connectivity index (χ0n) is 9.30. The van der Waals surface area contributed by atoms with Crippen LogP contribution in [0.1, 0.15) is 5.56 Å². The molecule has 0 heterocycles. The molecule has 88 valence electrons. The quantitative estimate of drug-likeness (QED) is 0.787. The van der Waals surface area contributed by atoms with E-state index in [-0.39, 0.29) is 5.82 Å². The highest BCUT2D eigenvalue weighted by molar-refractivity contribution is 6.33. The maximum Gasteiger partial charge on any atom is 0.125 e. The van der Waals surface area contributed by atoms with Crippen LogP contribution in [0, 0.1) is 12.7 Å². The molecule has 0 radical (unpaired) electrons. The topological polar surface area (TPSA) is 38.0 Å². The third kappa shape index (κ3) is 2.68. The Balaban J connectivity index is 2.37. The lowest BCUT2D eigenvalue weighted by molar-refractivity contribution is 0.628. The minimum absolute atomic E-state index is 0.344. The van der Waals surface area contributed by atoms with Gasteiger partial charge in [-0.05, 0) is 42.8 Å². The third-order valence-corrected chi connectivity index (χ3v) is 2.74. The molecule has 0 aliphatic heterocycles. The second kappa shape index (κ2) is 4.63. The first kappa shape index (κ1) is 11.7. The second-order valence-corrected chi connectivity index (χ2v) is 4.25. The average Bonchev–Trinajstić information content (AvgIpc) is 2.28. The molecule has 0 bridgehead atoms. The molecule has 2 aromatic rings. The number of halogens is 2. The van der Waals surface area contributed by atoms with Crippen molar-refractivity contribution < 1.29 is 4.39 Å². The van der Waals surface area contributed by atoms with E-state index in [4.69, 9.17) is 17.3 Å². The summed E-state index contributed by atoms with van der Waals surface area (Å²) in [7, 11) is 0. The fourth-order valence-electron chi connectivity index (χ4n) is 1.52. The highest BCUT2D eigenvalue weighted by Crippen LogP contribution is 2.29. The van der Waals surface area contributed by atoms with E-state index >= 15 is 0 Å². The van der Waals surface area contributed by atoms with Gasteiger partial charge in [0, 0.05) is 0 Å². The predicted octanol–water partition coefficient (Wildman–Crippen LogP) is 4.11. The summed E-state index contributed by atoms with van der Waals surface area (Å²) in [6, 6.07) is 9.75. The van der Waals surface area contributed by atoms with Gasteiger partial charge in [0.15, 0.2) is 0 Å². The van der Waals surface area contributed by atoms with Crippen molar-refractivity contribution in [2.45, 2.75) is 6.92 Å².